The lowest BCUT2D eigenvalue weighted by Crippen LogP contribution is -2.30. The lowest BCUT2D eigenvalue weighted by atomic mass is 10.0. The summed E-state index contributed by atoms with van der Waals surface area (Å²) in [4.78, 5) is 38.4. The van der Waals surface area contributed by atoms with Gasteiger partial charge < -0.3 is 14.2 Å². The zero-order valence-corrected chi connectivity index (χ0v) is 50.8. The topological polar surface area (TPSA) is 78.9 Å². The molecule has 1 atom stereocenters. The molecule has 0 aromatic carbocycles. The Morgan fingerprint density at radius 1 is 0.253 bits per heavy atom. The second-order valence-corrected chi connectivity index (χ2v) is 23.1. The Morgan fingerprint density at radius 3 is 0.667 bits per heavy atom. The molecule has 0 rings (SSSR count). The van der Waals surface area contributed by atoms with E-state index in [2.05, 4.69) is 45.1 Å². The Balaban J connectivity index is 4.29. The number of carbonyl (C=O) groups excluding carboxylic acids is 3. The van der Waals surface area contributed by atoms with Gasteiger partial charge in [0.05, 0.1) is 0 Å². The van der Waals surface area contributed by atoms with Crippen LogP contribution < -0.4 is 0 Å². The highest BCUT2D eigenvalue weighted by molar-refractivity contribution is 5.71. The van der Waals surface area contributed by atoms with Crippen molar-refractivity contribution in [1.82, 2.24) is 0 Å². The number of esters is 3. The first kappa shape index (κ1) is 72.9. The summed E-state index contributed by atoms with van der Waals surface area (Å²) in [5.41, 5.74) is 0. The highest BCUT2D eigenvalue weighted by Crippen LogP contribution is 2.18. The molecule has 6 nitrogen and oxygen atoms in total. The molecule has 0 aromatic heterocycles. The van der Waals surface area contributed by atoms with Gasteiger partial charge in [-0.3, -0.25) is 14.4 Å². The molecule has 0 aliphatic carbocycles. The molecule has 0 saturated carbocycles. The molecular weight excluding hydrogens is 925 g/mol. The normalized spacial score (nSPS) is 12.1. The molecule has 1 unspecified atom stereocenters. The van der Waals surface area contributed by atoms with E-state index in [0.29, 0.717) is 19.3 Å². The maximum absolute atomic E-state index is 12.9. The van der Waals surface area contributed by atoms with Crippen LogP contribution in [0.4, 0.5) is 0 Å². The van der Waals surface area contributed by atoms with Gasteiger partial charge >= 0.3 is 17.9 Å². The van der Waals surface area contributed by atoms with Crippen molar-refractivity contribution in [3.05, 3.63) is 24.3 Å². The van der Waals surface area contributed by atoms with Crippen LogP contribution >= 0.6 is 0 Å². The highest BCUT2D eigenvalue weighted by Gasteiger charge is 2.19. The van der Waals surface area contributed by atoms with Crippen molar-refractivity contribution in [2.24, 2.45) is 0 Å². The minimum absolute atomic E-state index is 0.0704. The van der Waals surface area contributed by atoms with Crippen LogP contribution in [0.3, 0.4) is 0 Å². The van der Waals surface area contributed by atoms with E-state index in [0.717, 1.165) is 64.2 Å². The maximum Gasteiger partial charge on any atom is 0.306 e. The van der Waals surface area contributed by atoms with Gasteiger partial charge in [-0.25, -0.2) is 0 Å². The fourth-order valence-corrected chi connectivity index (χ4v) is 10.3. The van der Waals surface area contributed by atoms with Crippen LogP contribution in [-0.4, -0.2) is 37.2 Å². The number of ether oxygens (including phenoxy) is 3. The van der Waals surface area contributed by atoms with Crippen molar-refractivity contribution in [2.75, 3.05) is 13.2 Å². The number of hydrogen-bond acceptors (Lipinski definition) is 6. The average molecular weight is 1060 g/mol. The van der Waals surface area contributed by atoms with Gasteiger partial charge in [0.25, 0.3) is 0 Å². The standard InChI is InChI=1S/C69H130O6/c1-4-7-10-13-16-19-22-25-28-31-33-34-35-36-37-39-41-44-47-50-53-56-59-62-68(71)74-65-66(64-73-67(70)61-58-55-52-49-46-43-40-30-27-24-21-18-15-12-9-6-3)75-69(72)63-60-57-54-51-48-45-42-38-32-29-26-23-20-17-14-11-8-5-2/h29-30,32,40,66H,4-28,31,33-39,41-65H2,1-3H3/b32-29-,40-30-. The Labute approximate surface area is 468 Å². The molecule has 0 fully saturated rings. The minimum atomic E-state index is -0.775. The van der Waals surface area contributed by atoms with Crippen molar-refractivity contribution in [3.8, 4) is 0 Å². The van der Waals surface area contributed by atoms with Gasteiger partial charge in [0.2, 0.25) is 0 Å². The average Bonchev–Trinajstić information content (AvgIpc) is 3.41. The number of unbranched alkanes of at least 4 members (excludes halogenated alkanes) is 48. The number of allylic oxidation sites excluding steroid dienone is 4. The predicted molar refractivity (Wildman–Crippen MR) is 326 cm³/mol. The molecule has 0 radical (unpaired) electrons. The first-order valence-electron chi connectivity index (χ1n) is 33.8. The fourth-order valence-electron chi connectivity index (χ4n) is 10.3. The summed E-state index contributed by atoms with van der Waals surface area (Å²) in [5, 5.41) is 0. The summed E-state index contributed by atoms with van der Waals surface area (Å²) >= 11 is 0. The van der Waals surface area contributed by atoms with Gasteiger partial charge in [0.15, 0.2) is 6.10 Å². The van der Waals surface area contributed by atoms with Gasteiger partial charge in [-0.2, -0.15) is 0 Å². The SMILES string of the molecule is CCCCCCCCC/C=C\CCCCCCCCCC(=O)OC(COC(=O)CCCCCCC/C=C\CCCCCCCCC)COC(=O)CCCCCCCCCCCCCCCCCCCCCCCCC. The summed E-state index contributed by atoms with van der Waals surface area (Å²) in [6.45, 7) is 6.70. The Bertz CT molecular complexity index is 1210. The van der Waals surface area contributed by atoms with Crippen LogP contribution in [0.15, 0.2) is 24.3 Å². The van der Waals surface area contributed by atoms with Gasteiger partial charge in [-0.15, -0.1) is 0 Å². The summed E-state index contributed by atoms with van der Waals surface area (Å²) in [6, 6.07) is 0. The maximum atomic E-state index is 12.9. The summed E-state index contributed by atoms with van der Waals surface area (Å²) in [7, 11) is 0. The third-order valence-corrected chi connectivity index (χ3v) is 15.4. The third-order valence-electron chi connectivity index (χ3n) is 15.4. The van der Waals surface area contributed by atoms with Crippen LogP contribution in [0.2, 0.25) is 0 Å². The fraction of sp³-hybridized carbons (Fsp3) is 0.899. The molecule has 6 heteroatoms. The van der Waals surface area contributed by atoms with Gasteiger partial charge in [-0.1, -0.05) is 315 Å². The van der Waals surface area contributed by atoms with E-state index in [1.807, 2.05) is 0 Å². The van der Waals surface area contributed by atoms with Gasteiger partial charge in [0.1, 0.15) is 13.2 Å². The van der Waals surface area contributed by atoms with Crippen LogP contribution in [0.25, 0.3) is 0 Å². The van der Waals surface area contributed by atoms with Crippen molar-refractivity contribution < 1.29 is 28.6 Å². The van der Waals surface area contributed by atoms with E-state index in [-0.39, 0.29) is 31.1 Å². The summed E-state index contributed by atoms with van der Waals surface area (Å²) < 4.78 is 17.0. The van der Waals surface area contributed by atoms with Crippen LogP contribution in [0, 0.1) is 0 Å². The van der Waals surface area contributed by atoms with Crippen LogP contribution in [0.1, 0.15) is 380 Å². The van der Waals surface area contributed by atoms with E-state index in [1.165, 1.54) is 276 Å². The number of hydrogen-bond donors (Lipinski definition) is 0. The molecule has 0 bridgehead atoms. The van der Waals surface area contributed by atoms with E-state index < -0.39 is 6.10 Å². The quantitative estimate of drug-likeness (QED) is 0.0261. The molecule has 442 valence electrons. The van der Waals surface area contributed by atoms with E-state index in [1.54, 1.807) is 0 Å². The van der Waals surface area contributed by atoms with Crippen molar-refractivity contribution in [1.29, 1.82) is 0 Å². The monoisotopic (exact) mass is 1050 g/mol. The lowest BCUT2D eigenvalue weighted by molar-refractivity contribution is -0.167. The number of carbonyl (C=O) groups is 3. The smallest absolute Gasteiger partial charge is 0.306 e. The molecule has 0 amide bonds. The first-order valence-corrected chi connectivity index (χ1v) is 33.8. The highest BCUT2D eigenvalue weighted by atomic mass is 16.6. The molecule has 0 aliphatic heterocycles. The van der Waals surface area contributed by atoms with E-state index in [9.17, 15) is 14.4 Å². The predicted octanol–water partition coefficient (Wildman–Crippen LogP) is 23.0. The zero-order valence-electron chi connectivity index (χ0n) is 50.8. The van der Waals surface area contributed by atoms with E-state index >= 15 is 0 Å². The second-order valence-electron chi connectivity index (χ2n) is 23.1. The molecule has 0 aromatic rings. The van der Waals surface area contributed by atoms with Crippen molar-refractivity contribution >= 4 is 17.9 Å². The Morgan fingerprint density at radius 2 is 0.440 bits per heavy atom. The molecular formula is C69H130O6. The van der Waals surface area contributed by atoms with Gasteiger partial charge in [-0.05, 0) is 70.6 Å². The lowest BCUT2D eigenvalue weighted by Gasteiger charge is -2.18. The Hall–Kier alpha value is -2.11. The molecule has 0 aliphatic rings. The van der Waals surface area contributed by atoms with Crippen molar-refractivity contribution in [3.63, 3.8) is 0 Å². The second kappa shape index (κ2) is 64.4. The minimum Gasteiger partial charge on any atom is -0.462 e. The van der Waals surface area contributed by atoms with E-state index in [4.69, 9.17) is 14.2 Å². The van der Waals surface area contributed by atoms with Crippen LogP contribution in [0.5, 0.6) is 0 Å². The third kappa shape index (κ3) is 62.6. The van der Waals surface area contributed by atoms with Crippen molar-refractivity contribution in [2.45, 2.75) is 386 Å². The molecule has 0 N–H and O–H groups in total. The van der Waals surface area contributed by atoms with Crippen LogP contribution in [-0.2, 0) is 28.6 Å². The largest absolute Gasteiger partial charge is 0.462 e. The number of rotatable bonds is 63. The summed E-state index contributed by atoms with van der Waals surface area (Å²) in [5.74, 6) is -0.855. The molecule has 0 saturated heterocycles. The molecule has 75 heavy (non-hydrogen) atoms. The van der Waals surface area contributed by atoms with Gasteiger partial charge in [0, 0.05) is 19.3 Å². The zero-order chi connectivity index (χ0) is 54.3. The molecule has 0 heterocycles. The summed E-state index contributed by atoms with van der Waals surface area (Å²) in [6.07, 6.45) is 77.6. The Kier molecular flexibility index (Phi) is 62.6. The first-order chi connectivity index (χ1) is 37.0. The molecule has 0 spiro atoms.